The van der Waals surface area contributed by atoms with Gasteiger partial charge in [0.15, 0.2) is 13.2 Å². The van der Waals surface area contributed by atoms with Crippen molar-refractivity contribution < 1.29 is 24.0 Å². The molecule has 2 aromatic carbocycles. The maximum absolute atomic E-state index is 12.2. The average molecular weight is 414 g/mol. The van der Waals surface area contributed by atoms with Crippen molar-refractivity contribution in [1.82, 2.24) is 0 Å². The van der Waals surface area contributed by atoms with Crippen molar-refractivity contribution in [1.29, 1.82) is 0 Å². The van der Waals surface area contributed by atoms with Crippen molar-refractivity contribution in [3.8, 4) is 5.75 Å². The number of anilines is 1. The van der Waals surface area contributed by atoms with Crippen molar-refractivity contribution in [2.45, 2.75) is 40.5 Å². The molecule has 0 atom stereocenters. The number of amides is 1. The van der Waals surface area contributed by atoms with Gasteiger partial charge in [-0.05, 0) is 55.0 Å². The Balaban J connectivity index is 1.95. The molecule has 8 nitrogen and oxygen atoms in total. The molecule has 0 spiro atoms. The first-order chi connectivity index (χ1) is 14.1. The number of carbonyl (C=O) groups excluding carboxylic acids is 2. The molecule has 0 aliphatic carbocycles. The van der Waals surface area contributed by atoms with E-state index in [2.05, 4.69) is 5.32 Å². The number of hydrogen-bond acceptors (Lipinski definition) is 6. The highest BCUT2D eigenvalue weighted by atomic mass is 16.6. The van der Waals surface area contributed by atoms with Crippen molar-refractivity contribution in [3.63, 3.8) is 0 Å². The zero-order valence-electron chi connectivity index (χ0n) is 17.8. The van der Waals surface area contributed by atoms with Crippen LogP contribution < -0.4 is 10.1 Å². The second kappa shape index (κ2) is 9.87. The van der Waals surface area contributed by atoms with E-state index in [-0.39, 0.29) is 23.9 Å². The number of nitrogens with zero attached hydrogens (tertiary/aromatic N) is 1. The second-order valence-electron chi connectivity index (χ2n) is 7.35. The lowest BCUT2D eigenvalue weighted by molar-refractivity contribution is -0.384. The van der Waals surface area contributed by atoms with Gasteiger partial charge in [-0.25, -0.2) is 4.79 Å². The van der Waals surface area contributed by atoms with Gasteiger partial charge in [-0.1, -0.05) is 32.0 Å². The molecule has 0 heterocycles. The van der Waals surface area contributed by atoms with Crippen LogP contribution in [0.3, 0.4) is 0 Å². The van der Waals surface area contributed by atoms with Crippen LogP contribution in [0.2, 0.25) is 0 Å². The van der Waals surface area contributed by atoms with Gasteiger partial charge < -0.3 is 14.8 Å². The standard InChI is InChI=1S/C22H26N2O6/c1-13(2)17-8-6-14(3)10-19(17)29-12-21(26)30-11-20(25)23-22-16(5)15(4)7-9-18(22)24(27)28/h6-10,13H,11-12H2,1-5H3,(H,23,25). The van der Waals surface area contributed by atoms with Gasteiger partial charge in [-0.15, -0.1) is 0 Å². The van der Waals surface area contributed by atoms with Crippen LogP contribution in [0.15, 0.2) is 30.3 Å². The minimum Gasteiger partial charge on any atom is -0.482 e. The normalized spacial score (nSPS) is 10.6. The first kappa shape index (κ1) is 22.9. The maximum Gasteiger partial charge on any atom is 0.344 e. The topological polar surface area (TPSA) is 108 Å². The Hall–Kier alpha value is -3.42. The fraction of sp³-hybridized carbons (Fsp3) is 0.364. The monoisotopic (exact) mass is 414 g/mol. The number of carbonyl (C=O) groups is 2. The number of benzene rings is 2. The lowest BCUT2D eigenvalue weighted by atomic mass is 10.0. The van der Waals surface area contributed by atoms with Crippen molar-refractivity contribution in [2.75, 3.05) is 18.5 Å². The lowest BCUT2D eigenvalue weighted by Crippen LogP contribution is -2.24. The highest BCUT2D eigenvalue weighted by Crippen LogP contribution is 2.30. The molecule has 0 saturated carbocycles. The number of ether oxygens (including phenoxy) is 2. The van der Waals surface area contributed by atoms with Gasteiger partial charge in [-0.2, -0.15) is 0 Å². The molecule has 0 saturated heterocycles. The summed E-state index contributed by atoms with van der Waals surface area (Å²) >= 11 is 0. The van der Waals surface area contributed by atoms with Crippen LogP contribution in [-0.2, 0) is 14.3 Å². The molecule has 8 heteroatoms. The van der Waals surface area contributed by atoms with E-state index < -0.39 is 23.4 Å². The van der Waals surface area contributed by atoms with Gasteiger partial charge in [0, 0.05) is 6.07 Å². The minimum atomic E-state index is -0.711. The zero-order valence-corrected chi connectivity index (χ0v) is 17.8. The highest BCUT2D eigenvalue weighted by Gasteiger charge is 2.20. The summed E-state index contributed by atoms with van der Waals surface area (Å²) < 4.78 is 10.5. The molecule has 1 amide bonds. The molecule has 0 aliphatic heterocycles. The summed E-state index contributed by atoms with van der Waals surface area (Å²) in [5.41, 5.74) is 3.21. The van der Waals surface area contributed by atoms with Crippen LogP contribution in [0.25, 0.3) is 0 Å². The van der Waals surface area contributed by atoms with Crippen LogP contribution >= 0.6 is 0 Å². The van der Waals surface area contributed by atoms with Crippen molar-refractivity contribution in [3.05, 3.63) is 62.7 Å². The Morgan fingerprint density at radius 3 is 2.43 bits per heavy atom. The van der Waals surface area contributed by atoms with E-state index in [4.69, 9.17) is 9.47 Å². The van der Waals surface area contributed by atoms with E-state index in [9.17, 15) is 19.7 Å². The molecular weight excluding hydrogens is 388 g/mol. The van der Waals surface area contributed by atoms with E-state index in [0.717, 1.165) is 16.7 Å². The highest BCUT2D eigenvalue weighted by molar-refractivity contribution is 5.96. The largest absolute Gasteiger partial charge is 0.482 e. The molecule has 2 rings (SSSR count). The fourth-order valence-electron chi connectivity index (χ4n) is 2.85. The first-order valence-corrected chi connectivity index (χ1v) is 9.53. The molecule has 0 fully saturated rings. The Bertz CT molecular complexity index is 968. The van der Waals surface area contributed by atoms with E-state index >= 15 is 0 Å². The number of nitro benzene ring substituents is 1. The molecule has 1 N–H and O–H groups in total. The quantitative estimate of drug-likeness (QED) is 0.394. The van der Waals surface area contributed by atoms with Gasteiger partial charge in [0.25, 0.3) is 11.6 Å². The third-order valence-corrected chi connectivity index (χ3v) is 4.68. The predicted octanol–water partition coefficient (Wildman–Crippen LogP) is 4.20. The summed E-state index contributed by atoms with van der Waals surface area (Å²) in [6.45, 7) is 8.50. The Labute approximate surface area is 175 Å². The van der Waals surface area contributed by atoms with Crippen molar-refractivity contribution in [2.24, 2.45) is 0 Å². The van der Waals surface area contributed by atoms with E-state index in [1.165, 1.54) is 6.07 Å². The summed E-state index contributed by atoms with van der Waals surface area (Å²) in [5.74, 6) is -0.566. The SMILES string of the molecule is Cc1ccc(C(C)C)c(OCC(=O)OCC(=O)Nc2c([N+](=O)[O-])ccc(C)c2C)c1. The van der Waals surface area contributed by atoms with Gasteiger partial charge in [0.1, 0.15) is 11.4 Å². The summed E-state index contributed by atoms with van der Waals surface area (Å²) in [4.78, 5) is 34.8. The maximum atomic E-state index is 12.2. The third-order valence-electron chi connectivity index (χ3n) is 4.68. The second-order valence-corrected chi connectivity index (χ2v) is 7.35. The number of nitro groups is 1. The summed E-state index contributed by atoms with van der Waals surface area (Å²) in [6.07, 6.45) is 0. The average Bonchev–Trinajstić information content (AvgIpc) is 2.68. The number of nitrogens with one attached hydrogen (secondary N) is 1. The lowest BCUT2D eigenvalue weighted by Gasteiger charge is -2.14. The summed E-state index contributed by atoms with van der Waals surface area (Å²) in [6, 6.07) is 8.70. The summed E-state index contributed by atoms with van der Waals surface area (Å²) in [7, 11) is 0. The van der Waals surface area contributed by atoms with Crippen molar-refractivity contribution >= 4 is 23.3 Å². The number of esters is 1. The molecule has 0 bridgehead atoms. The van der Waals surface area contributed by atoms with Crippen LogP contribution in [0.4, 0.5) is 11.4 Å². The van der Waals surface area contributed by atoms with Crippen LogP contribution in [-0.4, -0.2) is 30.0 Å². The van der Waals surface area contributed by atoms with Gasteiger partial charge >= 0.3 is 5.97 Å². The third kappa shape index (κ3) is 5.79. The van der Waals surface area contributed by atoms with Crippen LogP contribution in [0.1, 0.15) is 42.0 Å². The Morgan fingerprint density at radius 1 is 1.10 bits per heavy atom. The Morgan fingerprint density at radius 2 is 1.80 bits per heavy atom. The molecule has 0 aromatic heterocycles. The molecule has 0 radical (unpaired) electrons. The van der Waals surface area contributed by atoms with E-state index in [1.54, 1.807) is 19.9 Å². The van der Waals surface area contributed by atoms with Crippen LogP contribution in [0, 0.1) is 30.9 Å². The Kier molecular flexibility index (Phi) is 7.52. The van der Waals surface area contributed by atoms with Gasteiger partial charge in [0.05, 0.1) is 4.92 Å². The first-order valence-electron chi connectivity index (χ1n) is 9.53. The smallest absolute Gasteiger partial charge is 0.344 e. The molecule has 30 heavy (non-hydrogen) atoms. The zero-order chi connectivity index (χ0) is 22.4. The van der Waals surface area contributed by atoms with Gasteiger partial charge in [0.2, 0.25) is 0 Å². The van der Waals surface area contributed by atoms with Gasteiger partial charge in [-0.3, -0.25) is 14.9 Å². The fourth-order valence-corrected chi connectivity index (χ4v) is 2.85. The predicted molar refractivity (Wildman–Crippen MR) is 113 cm³/mol. The molecule has 2 aromatic rings. The molecular formula is C22H26N2O6. The van der Waals surface area contributed by atoms with E-state index in [0.29, 0.717) is 11.3 Å². The molecule has 0 aliphatic rings. The molecule has 160 valence electrons. The van der Waals surface area contributed by atoms with Crippen LogP contribution in [0.5, 0.6) is 5.75 Å². The number of aryl methyl sites for hydroxylation is 2. The van der Waals surface area contributed by atoms with E-state index in [1.807, 2.05) is 39.0 Å². The number of hydrogen-bond donors (Lipinski definition) is 1. The summed E-state index contributed by atoms with van der Waals surface area (Å²) in [5, 5.41) is 13.7. The number of rotatable bonds is 8. The minimum absolute atomic E-state index is 0.0960. The molecule has 0 unspecified atom stereocenters.